The number of pyridine rings is 1. The van der Waals surface area contributed by atoms with Crippen molar-refractivity contribution < 1.29 is 4.79 Å². The van der Waals surface area contributed by atoms with E-state index in [2.05, 4.69) is 15.3 Å². The number of anilines is 1. The van der Waals surface area contributed by atoms with Gasteiger partial charge in [0.2, 0.25) is 0 Å². The molecule has 0 spiro atoms. The molecule has 1 N–H and O–H groups in total. The summed E-state index contributed by atoms with van der Waals surface area (Å²) in [5.74, 6) is -0.238. The lowest BCUT2D eigenvalue weighted by Gasteiger charge is -2.02. The molecule has 1 aromatic carbocycles. The Hall–Kier alpha value is -3.15. The number of nitrogens with zero attached hydrogens (tertiary/aromatic N) is 4. The van der Waals surface area contributed by atoms with Gasteiger partial charge in [-0.25, -0.2) is 9.98 Å². The summed E-state index contributed by atoms with van der Waals surface area (Å²) in [7, 11) is 3.82. The van der Waals surface area contributed by atoms with E-state index >= 15 is 0 Å². The standard InChI is InChI=1S/C17H17N5O/c1-21(2)12-18-14-8-9-16-20-15(11-22(16)10-14)17(23)19-13-6-4-3-5-7-13/h3-12H,1-2H3,(H,19,23). The number of carbonyl (C=O) groups is 1. The maximum atomic E-state index is 12.3. The molecule has 6 heteroatoms. The molecule has 0 bridgehead atoms. The van der Waals surface area contributed by atoms with Crippen LogP contribution in [-0.2, 0) is 0 Å². The van der Waals surface area contributed by atoms with Crippen LogP contribution in [0, 0.1) is 0 Å². The van der Waals surface area contributed by atoms with Crippen LogP contribution in [0.1, 0.15) is 10.5 Å². The second-order valence-corrected chi connectivity index (χ2v) is 5.31. The number of imidazole rings is 1. The minimum atomic E-state index is -0.238. The number of fused-ring (bicyclic) bond motifs is 1. The van der Waals surface area contributed by atoms with Gasteiger partial charge in [0.1, 0.15) is 11.3 Å². The van der Waals surface area contributed by atoms with Gasteiger partial charge in [0, 0.05) is 32.2 Å². The first-order chi connectivity index (χ1) is 11.1. The van der Waals surface area contributed by atoms with Crippen molar-refractivity contribution in [2.45, 2.75) is 0 Å². The van der Waals surface area contributed by atoms with E-state index in [9.17, 15) is 4.79 Å². The lowest BCUT2D eigenvalue weighted by atomic mass is 10.3. The highest BCUT2D eigenvalue weighted by Crippen LogP contribution is 2.15. The summed E-state index contributed by atoms with van der Waals surface area (Å²) in [6.07, 6.45) is 5.25. The molecule has 0 saturated heterocycles. The maximum absolute atomic E-state index is 12.3. The Morgan fingerprint density at radius 3 is 2.70 bits per heavy atom. The average molecular weight is 307 g/mol. The molecular weight excluding hydrogens is 290 g/mol. The van der Waals surface area contributed by atoms with Crippen LogP contribution in [0.2, 0.25) is 0 Å². The van der Waals surface area contributed by atoms with Gasteiger partial charge >= 0.3 is 0 Å². The highest BCUT2D eigenvalue weighted by Gasteiger charge is 2.11. The van der Waals surface area contributed by atoms with Crippen molar-refractivity contribution in [3.05, 3.63) is 60.6 Å². The fraction of sp³-hybridized carbons (Fsp3) is 0.118. The van der Waals surface area contributed by atoms with Gasteiger partial charge in [0.15, 0.2) is 0 Å². The zero-order valence-corrected chi connectivity index (χ0v) is 13.0. The number of aliphatic imine (C=N–C) groups is 1. The van der Waals surface area contributed by atoms with Crippen molar-refractivity contribution in [3.8, 4) is 0 Å². The summed E-state index contributed by atoms with van der Waals surface area (Å²) >= 11 is 0. The summed E-state index contributed by atoms with van der Waals surface area (Å²) in [6.45, 7) is 0. The average Bonchev–Trinajstić information content (AvgIpc) is 2.97. The van der Waals surface area contributed by atoms with E-state index in [4.69, 9.17) is 0 Å². The Morgan fingerprint density at radius 1 is 1.17 bits per heavy atom. The predicted molar refractivity (Wildman–Crippen MR) is 91.4 cm³/mol. The summed E-state index contributed by atoms with van der Waals surface area (Å²) in [6, 6.07) is 13.0. The topological polar surface area (TPSA) is 62.0 Å². The van der Waals surface area contributed by atoms with Gasteiger partial charge in [-0.1, -0.05) is 18.2 Å². The first-order valence-corrected chi connectivity index (χ1v) is 7.17. The smallest absolute Gasteiger partial charge is 0.275 e. The number of hydrogen-bond acceptors (Lipinski definition) is 3. The lowest BCUT2D eigenvalue weighted by molar-refractivity contribution is 0.102. The van der Waals surface area contributed by atoms with E-state index in [0.29, 0.717) is 11.3 Å². The molecule has 2 aromatic heterocycles. The fourth-order valence-corrected chi connectivity index (χ4v) is 2.06. The number of para-hydroxylation sites is 1. The molecule has 0 aliphatic rings. The molecule has 23 heavy (non-hydrogen) atoms. The molecule has 0 unspecified atom stereocenters. The van der Waals surface area contributed by atoms with Crippen molar-refractivity contribution in [1.29, 1.82) is 0 Å². The van der Waals surface area contributed by atoms with E-state index in [-0.39, 0.29) is 5.91 Å². The maximum Gasteiger partial charge on any atom is 0.275 e. The normalized spacial score (nSPS) is 11.0. The van der Waals surface area contributed by atoms with Gasteiger partial charge < -0.3 is 14.6 Å². The Labute approximate surface area is 134 Å². The van der Waals surface area contributed by atoms with Crippen molar-refractivity contribution in [2.24, 2.45) is 4.99 Å². The van der Waals surface area contributed by atoms with Crippen LogP contribution >= 0.6 is 0 Å². The molecule has 0 saturated carbocycles. The molecule has 0 aliphatic carbocycles. The number of benzene rings is 1. The molecule has 2 heterocycles. The molecular formula is C17H17N5O. The van der Waals surface area contributed by atoms with Gasteiger partial charge in [0.25, 0.3) is 5.91 Å². The first kappa shape index (κ1) is 14.8. The van der Waals surface area contributed by atoms with Gasteiger partial charge in [-0.3, -0.25) is 4.79 Å². The predicted octanol–water partition coefficient (Wildman–Crippen LogP) is 2.81. The Kier molecular flexibility index (Phi) is 4.05. The number of rotatable bonds is 4. The molecule has 3 rings (SSSR count). The number of hydrogen-bond donors (Lipinski definition) is 1. The molecule has 0 aliphatic heterocycles. The zero-order chi connectivity index (χ0) is 16.2. The second-order valence-electron chi connectivity index (χ2n) is 5.31. The molecule has 116 valence electrons. The monoisotopic (exact) mass is 307 g/mol. The van der Waals surface area contributed by atoms with Gasteiger partial charge in [-0.15, -0.1) is 0 Å². The van der Waals surface area contributed by atoms with Crippen molar-refractivity contribution >= 4 is 29.3 Å². The molecule has 3 aromatic rings. The van der Waals surface area contributed by atoms with Crippen LogP contribution in [0.15, 0.2) is 59.9 Å². The minimum absolute atomic E-state index is 0.238. The molecule has 6 nitrogen and oxygen atoms in total. The Morgan fingerprint density at radius 2 is 1.96 bits per heavy atom. The fourth-order valence-electron chi connectivity index (χ4n) is 2.06. The number of nitrogens with one attached hydrogen (secondary N) is 1. The SMILES string of the molecule is CN(C)C=Nc1ccc2nc(C(=O)Nc3ccccc3)cn2c1. The largest absolute Gasteiger partial charge is 0.369 e. The summed E-state index contributed by atoms with van der Waals surface area (Å²) in [4.78, 5) is 22.8. The number of amides is 1. The van der Waals surface area contributed by atoms with Crippen molar-refractivity contribution in [1.82, 2.24) is 14.3 Å². The number of carbonyl (C=O) groups excluding carboxylic acids is 1. The van der Waals surface area contributed by atoms with Gasteiger partial charge in [-0.2, -0.15) is 0 Å². The number of aromatic nitrogens is 2. The third-order valence-corrected chi connectivity index (χ3v) is 3.14. The zero-order valence-electron chi connectivity index (χ0n) is 13.0. The Balaban J connectivity index is 1.83. The van der Waals surface area contributed by atoms with Gasteiger partial charge in [0.05, 0.1) is 12.0 Å². The molecule has 0 radical (unpaired) electrons. The highest BCUT2D eigenvalue weighted by molar-refractivity contribution is 6.03. The Bertz CT molecular complexity index is 852. The van der Waals surface area contributed by atoms with Gasteiger partial charge in [-0.05, 0) is 24.3 Å². The minimum Gasteiger partial charge on any atom is -0.369 e. The summed E-state index contributed by atoms with van der Waals surface area (Å²) in [5.41, 5.74) is 2.60. The van der Waals surface area contributed by atoms with Crippen molar-refractivity contribution in [2.75, 3.05) is 19.4 Å². The van der Waals surface area contributed by atoms with Crippen molar-refractivity contribution in [3.63, 3.8) is 0 Å². The molecule has 1 amide bonds. The summed E-state index contributed by atoms with van der Waals surface area (Å²) < 4.78 is 1.79. The highest BCUT2D eigenvalue weighted by atomic mass is 16.1. The third-order valence-electron chi connectivity index (χ3n) is 3.14. The van der Waals surface area contributed by atoms with E-state index in [1.54, 1.807) is 16.9 Å². The molecule has 0 atom stereocenters. The van der Waals surface area contributed by atoms with Crippen LogP contribution in [-0.4, -0.2) is 40.6 Å². The lowest BCUT2D eigenvalue weighted by Crippen LogP contribution is -2.11. The second kappa shape index (κ2) is 6.31. The van der Waals surface area contributed by atoms with E-state index < -0.39 is 0 Å². The van der Waals surface area contributed by atoms with Crippen LogP contribution in [0.5, 0.6) is 0 Å². The van der Waals surface area contributed by atoms with E-state index in [0.717, 1.165) is 11.4 Å². The quantitative estimate of drug-likeness (QED) is 0.595. The third kappa shape index (κ3) is 3.55. The molecule has 0 fully saturated rings. The van der Waals surface area contributed by atoms with Crippen LogP contribution in [0.3, 0.4) is 0 Å². The van der Waals surface area contributed by atoms with Crippen LogP contribution in [0.25, 0.3) is 5.65 Å². The van der Waals surface area contributed by atoms with E-state index in [1.165, 1.54) is 0 Å². The van der Waals surface area contributed by atoms with Crippen LogP contribution < -0.4 is 5.32 Å². The summed E-state index contributed by atoms with van der Waals surface area (Å²) in [5, 5.41) is 2.82. The first-order valence-electron chi connectivity index (χ1n) is 7.17. The van der Waals surface area contributed by atoms with Crippen LogP contribution in [0.4, 0.5) is 11.4 Å². The van der Waals surface area contributed by atoms with E-state index in [1.807, 2.05) is 67.7 Å².